The lowest BCUT2D eigenvalue weighted by molar-refractivity contribution is 0.0732. The van der Waals surface area contributed by atoms with Gasteiger partial charge < -0.3 is 10.2 Å². The van der Waals surface area contributed by atoms with Crippen molar-refractivity contribution in [3.8, 4) is 0 Å². The molecule has 94 valence electrons. The standard InChI is InChI=1S/C11H16N2O4/c1-6-4-13(11(17)12-10(6)16)8-2-3-9(15)7(8)5-14/h4,7-9,14-15H,2-3,5H2,1H3,(H,12,16,17)/t7-,8?,9-/m0/s1. The number of aromatic amines is 1. The summed E-state index contributed by atoms with van der Waals surface area (Å²) < 4.78 is 1.41. The van der Waals surface area contributed by atoms with Gasteiger partial charge in [-0.1, -0.05) is 0 Å². The summed E-state index contributed by atoms with van der Waals surface area (Å²) in [6, 6.07) is -0.252. The second-order valence-electron chi connectivity index (χ2n) is 4.54. The Morgan fingerprint density at radius 3 is 2.82 bits per heavy atom. The maximum atomic E-state index is 11.7. The molecule has 2 rings (SSSR count). The molecule has 6 heteroatoms. The highest BCUT2D eigenvalue weighted by Crippen LogP contribution is 2.34. The summed E-state index contributed by atoms with van der Waals surface area (Å²) in [4.78, 5) is 25.2. The number of aryl methyl sites for hydroxylation is 1. The van der Waals surface area contributed by atoms with Gasteiger partial charge in [-0.3, -0.25) is 14.3 Å². The summed E-state index contributed by atoms with van der Waals surface area (Å²) >= 11 is 0. The van der Waals surface area contributed by atoms with Gasteiger partial charge in [0.1, 0.15) is 0 Å². The average Bonchev–Trinajstić information content (AvgIpc) is 2.64. The van der Waals surface area contributed by atoms with Gasteiger partial charge in [0.25, 0.3) is 5.56 Å². The van der Waals surface area contributed by atoms with E-state index in [1.807, 2.05) is 0 Å². The number of aliphatic hydroxyl groups excluding tert-OH is 2. The number of aromatic nitrogens is 2. The summed E-state index contributed by atoms with van der Waals surface area (Å²) in [7, 11) is 0. The molecule has 1 unspecified atom stereocenters. The van der Waals surface area contributed by atoms with Crippen LogP contribution in [0.5, 0.6) is 0 Å². The quantitative estimate of drug-likeness (QED) is 0.627. The van der Waals surface area contributed by atoms with Crippen molar-refractivity contribution in [2.24, 2.45) is 5.92 Å². The molecule has 1 aliphatic rings. The van der Waals surface area contributed by atoms with Gasteiger partial charge in [-0.25, -0.2) is 4.79 Å². The van der Waals surface area contributed by atoms with Gasteiger partial charge in [-0.2, -0.15) is 0 Å². The lowest BCUT2D eigenvalue weighted by Crippen LogP contribution is -2.36. The van der Waals surface area contributed by atoms with Crippen LogP contribution in [0.25, 0.3) is 0 Å². The molecule has 3 atom stereocenters. The predicted octanol–water partition coefficient (Wildman–Crippen LogP) is -0.851. The van der Waals surface area contributed by atoms with Crippen LogP contribution in [0.2, 0.25) is 0 Å². The Hall–Kier alpha value is -1.40. The summed E-state index contributed by atoms with van der Waals surface area (Å²) in [5, 5.41) is 18.9. The van der Waals surface area contributed by atoms with Gasteiger partial charge >= 0.3 is 5.69 Å². The first kappa shape index (κ1) is 12.1. The Kier molecular flexibility index (Phi) is 3.17. The van der Waals surface area contributed by atoms with Crippen molar-refractivity contribution < 1.29 is 10.2 Å². The van der Waals surface area contributed by atoms with Crippen LogP contribution in [0.4, 0.5) is 0 Å². The summed E-state index contributed by atoms with van der Waals surface area (Å²) in [6.07, 6.45) is 2.08. The van der Waals surface area contributed by atoms with Gasteiger partial charge in [0, 0.05) is 23.7 Å². The molecule has 0 bridgehead atoms. The van der Waals surface area contributed by atoms with Gasteiger partial charge in [0.2, 0.25) is 0 Å². The highest BCUT2D eigenvalue weighted by Gasteiger charge is 2.36. The van der Waals surface area contributed by atoms with E-state index >= 15 is 0 Å². The molecule has 0 radical (unpaired) electrons. The first-order valence-corrected chi connectivity index (χ1v) is 5.65. The largest absolute Gasteiger partial charge is 0.396 e. The number of rotatable bonds is 2. The Bertz CT molecular complexity index is 519. The third-order valence-corrected chi connectivity index (χ3v) is 3.46. The van der Waals surface area contributed by atoms with E-state index in [0.29, 0.717) is 18.4 Å². The molecule has 1 aromatic heterocycles. The predicted molar refractivity (Wildman–Crippen MR) is 60.9 cm³/mol. The average molecular weight is 240 g/mol. The molecule has 0 aromatic carbocycles. The number of nitrogens with one attached hydrogen (secondary N) is 1. The normalized spacial score (nSPS) is 28.5. The van der Waals surface area contributed by atoms with Gasteiger partial charge in [-0.15, -0.1) is 0 Å². The maximum absolute atomic E-state index is 11.7. The number of H-pyrrole nitrogens is 1. The fraction of sp³-hybridized carbons (Fsp3) is 0.636. The molecule has 3 N–H and O–H groups in total. The fourth-order valence-corrected chi connectivity index (χ4v) is 2.45. The molecular formula is C11H16N2O4. The minimum atomic E-state index is -0.593. The van der Waals surface area contributed by atoms with Gasteiger partial charge in [0.05, 0.1) is 12.7 Å². The van der Waals surface area contributed by atoms with Crippen molar-refractivity contribution >= 4 is 0 Å². The second kappa shape index (κ2) is 4.46. The monoisotopic (exact) mass is 240 g/mol. The zero-order valence-electron chi connectivity index (χ0n) is 9.59. The van der Waals surface area contributed by atoms with Crippen molar-refractivity contribution in [3.63, 3.8) is 0 Å². The third kappa shape index (κ3) is 2.05. The van der Waals surface area contributed by atoms with Crippen molar-refractivity contribution in [3.05, 3.63) is 32.6 Å². The molecule has 0 spiro atoms. The number of aliphatic hydroxyl groups is 2. The van der Waals surface area contributed by atoms with E-state index in [9.17, 15) is 19.8 Å². The number of hydrogen-bond donors (Lipinski definition) is 3. The summed E-state index contributed by atoms with van der Waals surface area (Å²) in [5.41, 5.74) is -0.439. The van der Waals surface area contributed by atoms with Gasteiger partial charge in [0.15, 0.2) is 0 Å². The second-order valence-corrected chi connectivity index (χ2v) is 4.54. The van der Waals surface area contributed by atoms with E-state index < -0.39 is 17.4 Å². The van der Waals surface area contributed by atoms with Crippen LogP contribution < -0.4 is 11.2 Å². The highest BCUT2D eigenvalue weighted by molar-refractivity contribution is 5.03. The number of nitrogens with zero attached hydrogens (tertiary/aromatic N) is 1. The zero-order chi connectivity index (χ0) is 12.6. The smallest absolute Gasteiger partial charge is 0.328 e. The molecule has 6 nitrogen and oxygen atoms in total. The molecule has 1 heterocycles. The van der Waals surface area contributed by atoms with E-state index in [0.717, 1.165) is 0 Å². The van der Waals surface area contributed by atoms with Crippen molar-refractivity contribution in [1.29, 1.82) is 0 Å². The van der Waals surface area contributed by atoms with Crippen molar-refractivity contribution in [2.75, 3.05) is 6.61 Å². The number of hydrogen-bond acceptors (Lipinski definition) is 4. The molecular weight excluding hydrogens is 224 g/mol. The van der Waals surface area contributed by atoms with Crippen LogP contribution in [-0.2, 0) is 0 Å². The SMILES string of the molecule is Cc1cn(C2CC[C@H](O)[C@H]2CO)c(=O)[nH]c1=O. The molecule has 0 amide bonds. The molecule has 0 aliphatic heterocycles. The van der Waals surface area contributed by atoms with Crippen LogP contribution in [-0.4, -0.2) is 32.5 Å². The maximum Gasteiger partial charge on any atom is 0.328 e. The van der Waals surface area contributed by atoms with Crippen molar-refractivity contribution in [2.45, 2.75) is 31.9 Å². The van der Waals surface area contributed by atoms with E-state index in [1.54, 1.807) is 6.92 Å². The van der Waals surface area contributed by atoms with E-state index in [2.05, 4.69) is 4.98 Å². The van der Waals surface area contributed by atoms with Gasteiger partial charge in [-0.05, 0) is 19.8 Å². The lowest BCUT2D eigenvalue weighted by atomic mass is 10.0. The minimum absolute atomic E-state index is 0.170. The summed E-state index contributed by atoms with van der Waals surface area (Å²) in [5.74, 6) is -0.349. The van der Waals surface area contributed by atoms with E-state index in [-0.39, 0.29) is 18.6 Å². The minimum Gasteiger partial charge on any atom is -0.396 e. The van der Waals surface area contributed by atoms with Crippen LogP contribution >= 0.6 is 0 Å². The molecule has 17 heavy (non-hydrogen) atoms. The molecule has 1 saturated carbocycles. The Labute approximate surface area is 97.5 Å². The zero-order valence-corrected chi connectivity index (χ0v) is 9.59. The van der Waals surface area contributed by atoms with Crippen LogP contribution in [0, 0.1) is 12.8 Å². The Balaban J connectivity index is 2.44. The first-order valence-electron chi connectivity index (χ1n) is 5.65. The summed E-state index contributed by atoms with van der Waals surface area (Å²) in [6.45, 7) is 1.45. The van der Waals surface area contributed by atoms with E-state index in [1.165, 1.54) is 10.8 Å². The Morgan fingerprint density at radius 1 is 1.47 bits per heavy atom. The molecule has 1 aromatic rings. The molecule has 0 saturated heterocycles. The lowest BCUT2D eigenvalue weighted by Gasteiger charge is -2.21. The topological polar surface area (TPSA) is 95.3 Å². The van der Waals surface area contributed by atoms with Crippen LogP contribution in [0.15, 0.2) is 15.8 Å². The highest BCUT2D eigenvalue weighted by atomic mass is 16.3. The van der Waals surface area contributed by atoms with Crippen molar-refractivity contribution in [1.82, 2.24) is 9.55 Å². The first-order chi connectivity index (χ1) is 8.04. The van der Waals surface area contributed by atoms with E-state index in [4.69, 9.17) is 0 Å². The van der Waals surface area contributed by atoms with Crippen LogP contribution in [0.3, 0.4) is 0 Å². The fourth-order valence-electron chi connectivity index (χ4n) is 2.45. The Morgan fingerprint density at radius 2 is 2.18 bits per heavy atom. The third-order valence-electron chi connectivity index (χ3n) is 3.46. The van der Waals surface area contributed by atoms with Crippen LogP contribution in [0.1, 0.15) is 24.4 Å². The molecule has 1 aliphatic carbocycles. The molecule has 1 fully saturated rings.